The van der Waals surface area contributed by atoms with Gasteiger partial charge in [-0.1, -0.05) is 12.1 Å². The number of anilines is 1. The van der Waals surface area contributed by atoms with Crippen LogP contribution in [-0.2, 0) is 22.7 Å². The van der Waals surface area contributed by atoms with Crippen molar-refractivity contribution in [1.29, 1.82) is 0 Å². The molecule has 0 aliphatic carbocycles. The zero-order chi connectivity index (χ0) is 16.1. The van der Waals surface area contributed by atoms with E-state index in [1.807, 2.05) is 13.8 Å². The van der Waals surface area contributed by atoms with Crippen LogP contribution in [0.15, 0.2) is 6.20 Å². The van der Waals surface area contributed by atoms with E-state index in [0.717, 1.165) is 17.0 Å². The van der Waals surface area contributed by atoms with Crippen molar-refractivity contribution in [3.8, 4) is 0 Å². The lowest BCUT2D eigenvalue weighted by atomic mass is 10.2. The van der Waals surface area contributed by atoms with Gasteiger partial charge >= 0.3 is 0 Å². The summed E-state index contributed by atoms with van der Waals surface area (Å²) in [5.41, 5.74) is 2.77. The van der Waals surface area contributed by atoms with Gasteiger partial charge in [0.25, 0.3) is 0 Å². The molecule has 2 aromatic heterocycles. The van der Waals surface area contributed by atoms with E-state index in [4.69, 9.17) is 0 Å². The molecule has 0 unspecified atom stereocenters. The Morgan fingerprint density at radius 3 is 2.73 bits per heavy atom. The van der Waals surface area contributed by atoms with Gasteiger partial charge in [0.1, 0.15) is 6.54 Å². The first-order chi connectivity index (χ1) is 10.5. The molecule has 2 rings (SSSR count). The van der Waals surface area contributed by atoms with Crippen LogP contribution < -0.4 is 10.6 Å². The molecule has 22 heavy (non-hydrogen) atoms. The molecule has 2 aromatic rings. The number of nitrogens with zero attached hydrogens (tertiary/aromatic N) is 4. The van der Waals surface area contributed by atoms with Crippen LogP contribution in [0, 0.1) is 13.8 Å². The minimum atomic E-state index is -0.196. The van der Waals surface area contributed by atoms with Gasteiger partial charge in [-0.3, -0.25) is 14.7 Å². The third kappa shape index (κ3) is 3.90. The Morgan fingerprint density at radius 1 is 1.32 bits per heavy atom. The highest BCUT2D eigenvalue weighted by Crippen LogP contribution is 2.08. The quantitative estimate of drug-likeness (QED) is 0.708. The lowest BCUT2D eigenvalue weighted by Crippen LogP contribution is -2.27. The fraction of sp³-hybridized carbons (Fsp3) is 0.462. The number of aryl methyl sites for hydroxylation is 2. The fourth-order valence-corrected chi connectivity index (χ4v) is 1.89. The minimum absolute atomic E-state index is 0.0327. The van der Waals surface area contributed by atoms with Gasteiger partial charge in [-0.05, 0) is 13.8 Å². The molecule has 0 saturated carbocycles. The number of hydrogen-bond donors (Lipinski definition) is 3. The average Bonchev–Trinajstić information content (AvgIpc) is 3.04. The van der Waals surface area contributed by atoms with Crippen LogP contribution in [0.4, 0.5) is 5.82 Å². The highest BCUT2D eigenvalue weighted by atomic mass is 16.2. The summed E-state index contributed by atoms with van der Waals surface area (Å²) in [5.74, 6) is -0.0122. The van der Waals surface area contributed by atoms with Gasteiger partial charge in [0.2, 0.25) is 11.8 Å². The first-order valence-electron chi connectivity index (χ1n) is 6.96. The molecule has 0 aromatic carbocycles. The smallest absolute Gasteiger partial charge is 0.242 e. The van der Waals surface area contributed by atoms with Gasteiger partial charge in [0, 0.05) is 24.2 Å². The topological polar surface area (TPSA) is 118 Å². The summed E-state index contributed by atoms with van der Waals surface area (Å²) < 4.78 is 1.37. The number of carbonyl (C=O) groups is 2. The first-order valence-corrected chi connectivity index (χ1v) is 6.96. The predicted octanol–water partition coefficient (Wildman–Crippen LogP) is 0.283. The van der Waals surface area contributed by atoms with Crippen LogP contribution in [0.3, 0.4) is 0 Å². The molecule has 0 spiro atoms. The maximum atomic E-state index is 11.9. The number of amides is 2. The highest BCUT2D eigenvalue weighted by molar-refractivity contribution is 5.89. The maximum Gasteiger partial charge on any atom is 0.242 e. The second kappa shape index (κ2) is 6.83. The van der Waals surface area contributed by atoms with E-state index in [0.29, 0.717) is 18.8 Å². The zero-order valence-corrected chi connectivity index (χ0v) is 12.8. The zero-order valence-electron chi connectivity index (χ0n) is 12.8. The standard InChI is InChI=1S/C13H19N7O2/c1-4-12(21)15-11-6-20(19-18-11)7-13(22)14-5-10-8(2)16-17-9(10)3/h6H,4-5,7H2,1-3H3,(H,14,22)(H,15,21)(H,16,17). The molecule has 9 heteroatoms. The molecule has 3 N–H and O–H groups in total. The molecule has 2 heterocycles. The molecular weight excluding hydrogens is 286 g/mol. The first kappa shape index (κ1) is 15.7. The molecule has 118 valence electrons. The molecule has 0 radical (unpaired) electrons. The van der Waals surface area contributed by atoms with Gasteiger partial charge in [-0.25, -0.2) is 4.68 Å². The normalized spacial score (nSPS) is 10.5. The molecule has 2 amide bonds. The third-order valence-electron chi connectivity index (χ3n) is 3.18. The van der Waals surface area contributed by atoms with E-state index in [-0.39, 0.29) is 18.4 Å². The lowest BCUT2D eigenvalue weighted by Gasteiger charge is -2.05. The summed E-state index contributed by atoms with van der Waals surface area (Å²) in [6.45, 7) is 5.96. The fourth-order valence-electron chi connectivity index (χ4n) is 1.89. The Bertz CT molecular complexity index is 654. The number of aromatic amines is 1. The molecular formula is C13H19N7O2. The number of H-pyrrole nitrogens is 1. The third-order valence-corrected chi connectivity index (χ3v) is 3.18. The van der Waals surface area contributed by atoms with Crippen molar-refractivity contribution in [2.24, 2.45) is 0 Å². The Labute approximate surface area is 127 Å². The summed E-state index contributed by atoms with van der Waals surface area (Å²) in [4.78, 5) is 23.1. The van der Waals surface area contributed by atoms with Gasteiger partial charge in [-0.15, -0.1) is 5.10 Å². The van der Waals surface area contributed by atoms with E-state index in [9.17, 15) is 9.59 Å². The van der Waals surface area contributed by atoms with Crippen molar-refractivity contribution in [1.82, 2.24) is 30.5 Å². The van der Waals surface area contributed by atoms with Crippen LogP contribution in [0.5, 0.6) is 0 Å². The molecule has 9 nitrogen and oxygen atoms in total. The van der Waals surface area contributed by atoms with Crippen molar-refractivity contribution in [3.05, 3.63) is 23.1 Å². The van der Waals surface area contributed by atoms with Gasteiger partial charge < -0.3 is 10.6 Å². The van der Waals surface area contributed by atoms with E-state index in [2.05, 4.69) is 31.1 Å². The number of nitrogens with one attached hydrogen (secondary N) is 3. The predicted molar refractivity (Wildman–Crippen MR) is 78.9 cm³/mol. The summed E-state index contributed by atoms with van der Waals surface area (Å²) >= 11 is 0. The van der Waals surface area contributed by atoms with Crippen molar-refractivity contribution in [2.45, 2.75) is 40.3 Å². The van der Waals surface area contributed by atoms with Crippen LogP contribution in [0.1, 0.15) is 30.3 Å². The van der Waals surface area contributed by atoms with Crippen molar-refractivity contribution >= 4 is 17.6 Å². The summed E-state index contributed by atoms with van der Waals surface area (Å²) in [6.07, 6.45) is 1.87. The molecule has 0 bridgehead atoms. The van der Waals surface area contributed by atoms with Crippen LogP contribution >= 0.6 is 0 Å². The molecule has 0 aliphatic rings. The SMILES string of the molecule is CCC(=O)Nc1cn(CC(=O)NCc2c(C)n[nH]c2C)nn1. The second-order valence-electron chi connectivity index (χ2n) is 4.89. The number of aromatic nitrogens is 5. The Kier molecular flexibility index (Phi) is 4.87. The minimum Gasteiger partial charge on any atom is -0.350 e. The monoisotopic (exact) mass is 305 g/mol. The van der Waals surface area contributed by atoms with Crippen LogP contribution in [-0.4, -0.2) is 37.0 Å². The van der Waals surface area contributed by atoms with Crippen LogP contribution in [0.2, 0.25) is 0 Å². The van der Waals surface area contributed by atoms with E-state index >= 15 is 0 Å². The largest absolute Gasteiger partial charge is 0.350 e. The summed E-state index contributed by atoms with van der Waals surface area (Å²) in [5, 5.41) is 19.9. The van der Waals surface area contributed by atoms with Gasteiger partial charge in [0.05, 0.1) is 11.9 Å². The van der Waals surface area contributed by atoms with Crippen molar-refractivity contribution in [2.75, 3.05) is 5.32 Å². The molecule has 0 saturated heterocycles. The van der Waals surface area contributed by atoms with E-state index in [1.165, 1.54) is 10.9 Å². The summed E-state index contributed by atoms with van der Waals surface area (Å²) in [7, 11) is 0. The van der Waals surface area contributed by atoms with Gasteiger partial charge in [0.15, 0.2) is 5.82 Å². The Hall–Kier alpha value is -2.71. The average molecular weight is 305 g/mol. The molecule has 0 fully saturated rings. The van der Waals surface area contributed by atoms with Gasteiger partial charge in [-0.2, -0.15) is 5.10 Å². The second-order valence-corrected chi connectivity index (χ2v) is 4.89. The van der Waals surface area contributed by atoms with E-state index < -0.39 is 0 Å². The lowest BCUT2D eigenvalue weighted by molar-refractivity contribution is -0.122. The number of rotatable bonds is 6. The highest BCUT2D eigenvalue weighted by Gasteiger charge is 2.10. The molecule has 0 aliphatic heterocycles. The Morgan fingerprint density at radius 2 is 2.09 bits per heavy atom. The summed E-state index contributed by atoms with van der Waals surface area (Å²) in [6, 6.07) is 0. The molecule has 0 atom stereocenters. The van der Waals surface area contributed by atoms with Crippen molar-refractivity contribution < 1.29 is 9.59 Å². The van der Waals surface area contributed by atoms with Crippen molar-refractivity contribution in [3.63, 3.8) is 0 Å². The van der Waals surface area contributed by atoms with E-state index in [1.54, 1.807) is 6.92 Å². The maximum absolute atomic E-state index is 11.9. The number of hydrogen-bond acceptors (Lipinski definition) is 5. The van der Waals surface area contributed by atoms with Crippen LogP contribution in [0.25, 0.3) is 0 Å². The number of carbonyl (C=O) groups excluding carboxylic acids is 2. The Balaban J connectivity index is 1.86.